The van der Waals surface area contributed by atoms with E-state index in [9.17, 15) is 0 Å². The molecule has 0 unspecified atom stereocenters. The highest BCUT2D eigenvalue weighted by molar-refractivity contribution is 6.32. The van der Waals surface area contributed by atoms with Gasteiger partial charge in [-0.25, -0.2) is 0 Å². The fourth-order valence-corrected chi connectivity index (χ4v) is 3.61. The molecule has 1 aliphatic rings. The topological polar surface area (TPSA) is 97.5 Å². The molecule has 4 rings (SSSR count). The van der Waals surface area contributed by atoms with Gasteiger partial charge in [0.15, 0.2) is 0 Å². The maximum Gasteiger partial charge on any atom is 0.290 e. The Hall–Kier alpha value is -3.06. The van der Waals surface area contributed by atoms with Gasteiger partial charge in [0.05, 0.1) is 11.1 Å². The number of nitrogens with zero attached hydrogens (tertiary/aromatic N) is 2. The smallest absolute Gasteiger partial charge is 0.290 e. The van der Waals surface area contributed by atoms with Crippen molar-refractivity contribution in [1.29, 1.82) is 0 Å². The second-order valence-corrected chi connectivity index (χ2v) is 8.30. The minimum Gasteiger partial charge on any atom is -0.489 e. The number of aryl methyl sites for hydroxylation is 1. The highest BCUT2D eigenvalue weighted by Gasteiger charge is 2.14. The molecule has 1 fully saturated rings. The lowest BCUT2D eigenvalue weighted by Gasteiger charge is -2.11. The van der Waals surface area contributed by atoms with Gasteiger partial charge in [0.25, 0.3) is 12.4 Å². The number of aromatic nitrogens is 2. The Bertz CT molecular complexity index is 1010. The monoisotopic (exact) mass is 473 g/mol. The first-order valence-electron chi connectivity index (χ1n) is 11.1. The predicted molar refractivity (Wildman–Crippen MR) is 132 cm³/mol. The summed E-state index contributed by atoms with van der Waals surface area (Å²) in [5.41, 5.74) is 3.78. The average Bonchev–Trinajstić information content (AvgIpc) is 3.51. The molecule has 0 saturated heterocycles. The van der Waals surface area contributed by atoms with Crippen LogP contribution in [0.25, 0.3) is 22.8 Å². The third kappa shape index (κ3) is 8.09. The molecule has 0 aliphatic heterocycles. The molecule has 1 saturated carbocycles. The number of ether oxygens (including phenoxy) is 1. The van der Waals surface area contributed by atoms with Crippen molar-refractivity contribution in [1.82, 2.24) is 10.1 Å². The van der Waals surface area contributed by atoms with Crippen molar-refractivity contribution < 1.29 is 19.2 Å². The standard InChI is InChI=1S/C19H20ClN3O2.C5H10.CH2O2/c1-11(2)24-17-8-5-13(10-16(17)20)18-22-19(25-23-18)15-7-6-14(21-4)9-12(15)3;1-2-4-5-3-1;2-1-3/h5-11,21H,1-4H3;1-5H2;1H,(H,2,3). The Morgan fingerprint density at radius 3 is 2.27 bits per heavy atom. The second kappa shape index (κ2) is 13.5. The first-order chi connectivity index (χ1) is 15.9. The van der Waals surface area contributed by atoms with E-state index < -0.39 is 0 Å². The first-order valence-corrected chi connectivity index (χ1v) is 11.4. The Morgan fingerprint density at radius 1 is 1.12 bits per heavy atom. The number of hydrogen-bond acceptors (Lipinski definition) is 6. The quantitative estimate of drug-likeness (QED) is 0.391. The number of carbonyl (C=O) groups is 1. The zero-order chi connectivity index (χ0) is 24.2. The van der Waals surface area contributed by atoms with E-state index in [0.717, 1.165) is 22.4 Å². The number of halogens is 1. The molecule has 7 nitrogen and oxygen atoms in total. The molecule has 1 heterocycles. The maximum atomic E-state index is 8.36. The molecule has 178 valence electrons. The summed E-state index contributed by atoms with van der Waals surface area (Å²) in [5, 5.41) is 14.6. The van der Waals surface area contributed by atoms with Crippen molar-refractivity contribution in [3.8, 4) is 28.6 Å². The van der Waals surface area contributed by atoms with Crippen LogP contribution in [0.15, 0.2) is 40.9 Å². The summed E-state index contributed by atoms with van der Waals surface area (Å²) < 4.78 is 11.1. The lowest BCUT2D eigenvalue weighted by molar-refractivity contribution is -0.122. The Labute approximate surface area is 200 Å². The minimum atomic E-state index is -0.250. The maximum absolute atomic E-state index is 8.36. The summed E-state index contributed by atoms with van der Waals surface area (Å²) in [5.74, 6) is 1.61. The van der Waals surface area contributed by atoms with E-state index in [4.69, 9.17) is 30.8 Å². The number of nitrogens with one attached hydrogen (secondary N) is 1. The molecule has 8 heteroatoms. The second-order valence-electron chi connectivity index (χ2n) is 7.89. The molecule has 0 spiro atoms. The van der Waals surface area contributed by atoms with Crippen LogP contribution in [0.5, 0.6) is 5.75 Å². The predicted octanol–water partition coefficient (Wildman–Crippen LogP) is 6.85. The summed E-state index contributed by atoms with van der Waals surface area (Å²) in [6.45, 7) is 5.67. The molecule has 0 amide bonds. The normalized spacial score (nSPS) is 12.3. The number of benzene rings is 2. The van der Waals surface area contributed by atoms with E-state index in [0.29, 0.717) is 22.5 Å². The Morgan fingerprint density at radius 2 is 1.76 bits per heavy atom. The molecule has 2 aromatic carbocycles. The van der Waals surface area contributed by atoms with Gasteiger partial charge in [-0.1, -0.05) is 48.9 Å². The van der Waals surface area contributed by atoms with Crippen LogP contribution >= 0.6 is 11.6 Å². The molecule has 0 radical (unpaired) electrons. The van der Waals surface area contributed by atoms with E-state index in [2.05, 4.69) is 15.5 Å². The molecule has 1 aromatic heterocycles. The van der Waals surface area contributed by atoms with E-state index >= 15 is 0 Å². The van der Waals surface area contributed by atoms with Gasteiger partial charge in [-0.15, -0.1) is 0 Å². The first kappa shape index (κ1) is 26.2. The highest BCUT2D eigenvalue weighted by Crippen LogP contribution is 2.31. The van der Waals surface area contributed by atoms with Gasteiger partial charge in [0.1, 0.15) is 5.75 Å². The van der Waals surface area contributed by atoms with Crippen LogP contribution in [-0.2, 0) is 4.79 Å². The van der Waals surface area contributed by atoms with Gasteiger partial charge in [-0.05, 0) is 62.7 Å². The van der Waals surface area contributed by atoms with Gasteiger partial charge in [-0.2, -0.15) is 4.98 Å². The Balaban J connectivity index is 0.000000410. The van der Waals surface area contributed by atoms with Crippen molar-refractivity contribution >= 4 is 23.8 Å². The van der Waals surface area contributed by atoms with E-state index in [1.165, 1.54) is 32.1 Å². The fraction of sp³-hybridized carbons (Fsp3) is 0.400. The Kier molecular flexibility index (Phi) is 10.7. The van der Waals surface area contributed by atoms with Crippen molar-refractivity contribution in [2.75, 3.05) is 12.4 Å². The van der Waals surface area contributed by atoms with E-state index in [-0.39, 0.29) is 12.6 Å². The summed E-state index contributed by atoms with van der Waals surface area (Å²) in [6.07, 6.45) is 7.56. The number of carboxylic acid groups (broad SMARTS) is 1. The molecular formula is C25H32ClN3O4. The molecule has 3 aromatic rings. The van der Waals surface area contributed by atoms with Gasteiger partial charge in [0, 0.05) is 23.9 Å². The van der Waals surface area contributed by atoms with Gasteiger partial charge >= 0.3 is 0 Å². The van der Waals surface area contributed by atoms with Gasteiger partial charge in [-0.3, -0.25) is 4.79 Å². The highest BCUT2D eigenvalue weighted by atomic mass is 35.5. The zero-order valence-corrected chi connectivity index (χ0v) is 20.4. The van der Waals surface area contributed by atoms with Crippen LogP contribution in [0.3, 0.4) is 0 Å². The summed E-state index contributed by atoms with van der Waals surface area (Å²) >= 11 is 6.29. The lowest BCUT2D eigenvalue weighted by Crippen LogP contribution is -2.05. The average molecular weight is 474 g/mol. The van der Waals surface area contributed by atoms with Crippen LogP contribution in [0.2, 0.25) is 5.02 Å². The molecule has 33 heavy (non-hydrogen) atoms. The molecule has 0 bridgehead atoms. The van der Waals surface area contributed by atoms with Crippen molar-refractivity contribution in [2.24, 2.45) is 0 Å². The lowest BCUT2D eigenvalue weighted by atomic mass is 10.1. The third-order valence-corrected chi connectivity index (χ3v) is 5.27. The van der Waals surface area contributed by atoms with E-state index in [1.54, 1.807) is 6.07 Å². The summed E-state index contributed by atoms with van der Waals surface area (Å²) in [7, 11) is 1.88. The molecular weight excluding hydrogens is 442 g/mol. The van der Waals surface area contributed by atoms with Crippen LogP contribution in [0, 0.1) is 6.92 Å². The molecule has 1 aliphatic carbocycles. The number of rotatable bonds is 5. The number of anilines is 1. The molecule has 2 N–H and O–H groups in total. The molecule has 0 atom stereocenters. The fourth-order valence-electron chi connectivity index (χ4n) is 3.38. The van der Waals surface area contributed by atoms with Crippen LogP contribution < -0.4 is 10.1 Å². The van der Waals surface area contributed by atoms with E-state index in [1.807, 2.05) is 58.2 Å². The zero-order valence-electron chi connectivity index (χ0n) is 19.6. The third-order valence-electron chi connectivity index (χ3n) is 4.97. The summed E-state index contributed by atoms with van der Waals surface area (Å²) in [6, 6.07) is 11.4. The van der Waals surface area contributed by atoms with Crippen LogP contribution in [0.4, 0.5) is 5.69 Å². The van der Waals surface area contributed by atoms with Gasteiger partial charge in [0.2, 0.25) is 5.82 Å². The van der Waals surface area contributed by atoms with Crippen LogP contribution in [-0.4, -0.2) is 34.9 Å². The van der Waals surface area contributed by atoms with Crippen molar-refractivity contribution in [2.45, 2.75) is 59.0 Å². The largest absolute Gasteiger partial charge is 0.489 e. The summed E-state index contributed by atoms with van der Waals surface area (Å²) in [4.78, 5) is 12.9. The minimum absolute atomic E-state index is 0.0590. The number of hydrogen-bond donors (Lipinski definition) is 2. The SMILES string of the molecule is C1CCCC1.CNc1ccc(-c2nc(-c3ccc(OC(C)C)c(Cl)c3)no2)c(C)c1.O=CO. The van der Waals surface area contributed by atoms with Crippen molar-refractivity contribution in [3.05, 3.63) is 47.0 Å². The van der Waals surface area contributed by atoms with Crippen LogP contribution in [0.1, 0.15) is 51.5 Å². The van der Waals surface area contributed by atoms with Gasteiger partial charge < -0.3 is 19.7 Å². The van der Waals surface area contributed by atoms with Crippen molar-refractivity contribution in [3.63, 3.8) is 0 Å².